The zero-order chi connectivity index (χ0) is 15.4. The second-order valence-corrected chi connectivity index (χ2v) is 5.84. The Hall–Kier alpha value is -2.34. The molecule has 0 spiro atoms. The van der Waals surface area contributed by atoms with Gasteiger partial charge in [-0.05, 0) is 49.7 Å². The largest absolute Gasteiger partial charge is 0.484 e. The van der Waals surface area contributed by atoms with Crippen molar-refractivity contribution in [2.75, 3.05) is 11.9 Å². The number of thiophene rings is 1. The van der Waals surface area contributed by atoms with E-state index in [0.717, 1.165) is 10.4 Å². The summed E-state index contributed by atoms with van der Waals surface area (Å²) < 4.78 is 5.15. The first-order valence-electron chi connectivity index (χ1n) is 6.35. The van der Waals surface area contributed by atoms with Crippen LogP contribution in [0.2, 0.25) is 0 Å². The lowest BCUT2D eigenvalue weighted by Crippen LogP contribution is -2.20. The maximum atomic E-state index is 12.1. The summed E-state index contributed by atoms with van der Waals surface area (Å²) in [7, 11) is 0. The molecule has 0 fully saturated rings. The molecule has 0 bridgehead atoms. The van der Waals surface area contributed by atoms with Gasteiger partial charge in [0.05, 0.1) is 4.88 Å². The molecule has 1 aromatic heterocycles. The fourth-order valence-electron chi connectivity index (χ4n) is 1.67. The first-order chi connectivity index (χ1) is 9.95. The average Bonchev–Trinajstić information content (AvgIpc) is 2.78. The Bertz CT molecular complexity index is 643. The van der Waals surface area contributed by atoms with Crippen molar-refractivity contribution in [3.05, 3.63) is 45.6 Å². The van der Waals surface area contributed by atoms with E-state index in [2.05, 4.69) is 5.32 Å². The molecule has 0 aliphatic heterocycles. The third kappa shape index (κ3) is 4.06. The molecule has 0 unspecified atom stereocenters. The molecule has 6 heteroatoms. The van der Waals surface area contributed by atoms with Crippen LogP contribution in [0.4, 0.5) is 5.69 Å². The summed E-state index contributed by atoms with van der Waals surface area (Å²) >= 11 is 1.47. The lowest BCUT2D eigenvalue weighted by atomic mass is 10.2. The van der Waals surface area contributed by atoms with E-state index in [1.807, 2.05) is 19.9 Å². The molecule has 2 rings (SSSR count). The number of carbonyl (C=O) groups excluding carboxylic acids is 2. The number of carbonyl (C=O) groups is 2. The Morgan fingerprint density at radius 3 is 2.43 bits per heavy atom. The highest BCUT2D eigenvalue weighted by molar-refractivity contribution is 7.14. The Morgan fingerprint density at radius 2 is 1.90 bits per heavy atom. The summed E-state index contributed by atoms with van der Waals surface area (Å²) in [6, 6.07) is 8.63. The molecule has 0 radical (unpaired) electrons. The number of nitrogens with one attached hydrogen (secondary N) is 1. The van der Waals surface area contributed by atoms with Crippen LogP contribution in [0.3, 0.4) is 0 Å². The fourth-order valence-corrected chi connectivity index (χ4v) is 2.60. The quantitative estimate of drug-likeness (QED) is 0.890. The van der Waals surface area contributed by atoms with Gasteiger partial charge in [0.2, 0.25) is 0 Å². The van der Waals surface area contributed by atoms with Gasteiger partial charge < -0.3 is 15.8 Å². The molecule has 0 saturated carbocycles. The van der Waals surface area contributed by atoms with Gasteiger partial charge in [-0.25, -0.2) is 0 Å². The zero-order valence-electron chi connectivity index (χ0n) is 11.8. The SMILES string of the molecule is Cc1cc(C(=O)Nc2ccc(OCC(N)=O)cc2)sc1C. The molecule has 0 aliphatic rings. The maximum Gasteiger partial charge on any atom is 0.265 e. The van der Waals surface area contributed by atoms with Gasteiger partial charge in [-0.2, -0.15) is 0 Å². The predicted octanol–water partition coefficient (Wildman–Crippen LogP) is 2.48. The monoisotopic (exact) mass is 304 g/mol. The lowest BCUT2D eigenvalue weighted by Gasteiger charge is -2.06. The first kappa shape index (κ1) is 15.1. The number of aryl methyl sites for hydroxylation is 2. The highest BCUT2D eigenvalue weighted by atomic mass is 32.1. The number of hydrogen-bond donors (Lipinski definition) is 2. The van der Waals surface area contributed by atoms with Crippen LogP contribution in [0.5, 0.6) is 5.75 Å². The van der Waals surface area contributed by atoms with E-state index in [1.165, 1.54) is 11.3 Å². The second-order valence-electron chi connectivity index (χ2n) is 4.58. The number of hydrogen-bond acceptors (Lipinski definition) is 4. The van der Waals surface area contributed by atoms with Gasteiger partial charge >= 0.3 is 0 Å². The summed E-state index contributed by atoms with van der Waals surface area (Å²) in [6.45, 7) is 3.80. The molecule has 5 nitrogen and oxygen atoms in total. The number of anilines is 1. The van der Waals surface area contributed by atoms with Crippen LogP contribution in [-0.4, -0.2) is 18.4 Å². The van der Waals surface area contributed by atoms with Crippen molar-refractivity contribution in [1.82, 2.24) is 0 Å². The second kappa shape index (κ2) is 6.41. The van der Waals surface area contributed by atoms with Gasteiger partial charge in [0.15, 0.2) is 6.61 Å². The van der Waals surface area contributed by atoms with Crippen LogP contribution >= 0.6 is 11.3 Å². The fraction of sp³-hybridized carbons (Fsp3) is 0.200. The van der Waals surface area contributed by atoms with E-state index in [0.29, 0.717) is 16.3 Å². The van der Waals surface area contributed by atoms with E-state index >= 15 is 0 Å². The van der Waals surface area contributed by atoms with E-state index in [-0.39, 0.29) is 12.5 Å². The molecular weight excluding hydrogens is 288 g/mol. The number of benzene rings is 1. The van der Waals surface area contributed by atoms with Gasteiger partial charge in [0, 0.05) is 10.6 Å². The van der Waals surface area contributed by atoms with Gasteiger partial charge in [-0.15, -0.1) is 11.3 Å². The molecular formula is C15H16N2O3S. The Labute approximate surface area is 126 Å². The van der Waals surface area contributed by atoms with E-state index in [4.69, 9.17) is 10.5 Å². The normalized spacial score (nSPS) is 10.2. The number of rotatable bonds is 5. The van der Waals surface area contributed by atoms with Crippen molar-refractivity contribution in [2.45, 2.75) is 13.8 Å². The highest BCUT2D eigenvalue weighted by Crippen LogP contribution is 2.22. The number of ether oxygens (including phenoxy) is 1. The summed E-state index contributed by atoms with van der Waals surface area (Å²) in [5.74, 6) is -0.146. The molecule has 110 valence electrons. The minimum Gasteiger partial charge on any atom is -0.484 e. The number of amides is 2. The predicted molar refractivity (Wildman–Crippen MR) is 82.9 cm³/mol. The van der Waals surface area contributed by atoms with Gasteiger partial charge in [0.1, 0.15) is 5.75 Å². The van der Waals surface area contributed by atoms with Crippen molar-refractivity contribution in [3.8, 4) is 5.75 Å². The van der Waals surface area contributed by atoms with Crippen molar-refractivity contribution < 1.29 is 14.3 Å². The van der Waals surface area contributed by atoms with Crippen LogP contribution < -0.4 is 15.8 Å². The van der Waals surface area contributed by atoms with Gasteiger partial charge in [-0.1, -0.05) is 0 Å². The van der Waals surface area contributed by atoms with Crippen molar-refractivity contribution in [3.63, 3.8) is 0 Å². The molecule has 1 heterocycles. The maximum absolute atomic E-state index is 12.1. The van der Waals surface area contributed by atoms with E-state index in [9.17, 15) is 9.59 Å². The lowest BCUT2D eigenvalue weighted by molar-refractivity contribution is -0.119. The average molecular weight is 304 g/mol. The molecule has 21 heavy (non-hydrogen) atoms. The Morgan fingerprint density at radius 1 is 1.24 bits per heavy atom. The van der Waals surface area contributed by atoms with Crippen molar-refractivity contribution in [2.24, 2.45) is 5.73 Å². The highest BCUT2D eigenvalue weighted by Gasteiger charge is 2.10. The number of nitrogens with two attached hydrogens (primary N) is 1. The summed E-state index contributed by atoms with van der Waals surface area (Å²) in [4.78, 5) is 24.5. The van der Waals surface area contributed by atoms with Crippen LogP contribution in [-0.2, 0) is 4.79 Å². The van der Waals surface area contributed by atoms with E-state index < -0.39 is 5.91 Å². The van der Waals surface area contributed by atoms with Crippen LogP contribution in [0.1, 0.15) is 20.1 Å². The molecule has 0 saturated heterocycles. The third-order valence-electron chi connectivity index (χ3n) is 2.88. The molecule has 1 aromatic carbocycles. The van der Waals surface area contributed by atoms with E-state index in [1.54, 1.807) is 24.3 Å². The summed E-state index contributed by atoms with van der Waals surface area (Å²) in [5.41, 5.74) is 6.77. The molecule has 3 N–H and O–H groups in total. The van der Waals surface area contributed by atoms with Crippen LogP contribution in [0, 0.1) is 13.8 Å². The zero-order valence-corrected chi connectivity index (χ0v) is 12.6. The minimum absolute atomic E-state index is 0.137. The minimum atomic E-state index is -0.532. The molecule has 0 aliphatic carbocycles. The molecule has 2 aromatic rings. The topological polar surface area (TPSA) is 81.4 Å². The van der Waals surface area contributed by atoms with Gasteiger partial charge in [-0.3, -0.25) is 9.59 Å². The van der Waals surface area contributed by atoms with Gasteiger partial charge in [0.25, 0.3) is 11.8 Å². The van der Waals surface area contributed by atoms with Crippen molar-refractivity contribution >= 4 is 28.8 Å². The standard InChI is InChI=1S/C15H16N2O3S/c1-9-7-13(21-10(9)2)15(19)17-11-3-5-12(6-4-11)20-8-14(16)18/h3-7H,8H2,1-2H3,(H2,16,18)(H,17,19). The molecule has 0 atom stereocenters. The third-order valence-corrected chi connectivity index (χ3v) is 4.03. The number of primary amides is 1. The van der Waals surface area contributed by atoms with Crippen molar-refractivity contribution in [1.29, 1.82) is 0 Å². The smallest absolute Gasteiger partial charge is 0.265 e. The summed E-state index contributed by atoms with van der Waals surface area (Å²) in [6.07, 6.45) is 0. The summed E-state index contributed by atoms with van der Waals surface area (Å²) in [5, 5.41) is 2.82. The Kier molecular flexibility index (Phi) is 4.59. The Balaban J connectivity index is 1.99. The van der Waals surface area contributed by atoms with Crippen LogP contribution in [0.15, 0.2) is 30.3 Å². The first-order valence-corrected chi connectivity index (χ1v) is 7.17. The molecule has 2 amide bonds. The van der Waals surface area contributed by atoms with Crippen LogP contribution in [0.25, 0.3) is 0 Å².